The molecule has 0 bridgehead atoms. The SMILES string of the molecule is C.C=S.CC(C)CI.COC(=O)C1CCNC(=O)C1.COc1ccc(CN2CC3(CCN(CC(C)C)C(=O)C3)C2=O)cc1.COc1ccc(CN2CC3(CCN(CC(C)C)C(=O)C3)C2=O)cc1.COc1ccc(CN2CC3(CCN(CC(C)C)C(=O)C3)C2=O)cc1.COc1ccc(CN2CC3(CCNC(=O)C3)C2=O)cc1.O=C(O)c1cc[nH]c(=O)c1.O=C1CC(C(=O)O)CCN1.[3H]C.[H-].[Na+]. The van der Waals surface area contributed by atoms with Crippen LogP contribution < -0.4 is 70.0 Å². The Kier molecular flexibility index (Phi) is 47.0. The molecule has 11 heterocycles. The first-order chi connectivity index (χ1) is 62.8. The number of aromatic amines is 1. The second-order valence-corrected chi connectivity index (χ2v) is 37.0. The number of pyridine rings is 1. The molecule has 0 saturated carbocycles. The number of nitrogens with one attached hydrogen (secondary N) is 4. The van der Waals surface area contributed by atoms with E-state index < -0.39 is 45.1 Å². The third-order valence-electron chi connectivity index (χ3n) is 24.1. The van der Waals surface area contributed by atoms with Crippen LogP contribution >= 0.6 is 34.8 Å². The van der Waals surface area contributed by atoms with Gasteiger partial charge in [0.1, 0.15) is 23.0 Å². The van der Waals surface area contributed by atoms with Crippen molar-refractivity contribution in [3.05, 3.63) is 154 Å². The van der Waals surface area contributed by atoms with E-state index in [9.17, 15) is 67.1 Å². The zero-order valence-electron chi connectivity index (χ0n) is 81.4. The first-order valence-corrected chi connectivity index (χ1v) is 46.3. The minimum absolute atomic E-state index is 0. The Balaban J connectivity index is 0.000000407. The van der Waals surface area contributed by atoms with Gasteiger partial charge in [-0.2, -0.15) is 0 Å². The van der Waals surface area contributed by atoms with Gasteiger partial charge in [-0.25, -0.2) is 4.79 Å². The number of benzene rings is 4. The predicted molar refractivity (Wildman–Crippen MR) is 516 cm³/mol. The Labute approximate surface area is 827 Å². The number of carboxylic acids is 2. The molecule has 728 valence electrons. The van der Waals surface area contributed by atoms with Crippen molar-refractivity contribution in [2.75, 3.05) is 125 Å². The average molecular weight is 1990 g/mol. The summed E-state index contributed by atoms with van der Waals surface area (Å²) in [6.07, 6.45) is 7.55. The van der Waals surface area contributed by atoms with Gasteiger partial charge in [-0.05, 0) is 145 Å². The maximum Gasteiger partial charge on any atom is 1.00 e. The largest absolute Gasteiger partial charge is 1.00 e. The van der Waals surface area contributed by atoms with Crippen LogP contribution in [0.15, 0.2) is 120 Å². The van der Waals surface area contributed by atoms with Gasteiger partial charge in [0.25, 0.3) is 0 Å². The van der Waals surface area contributed by atoms with Gasteiger partial charge >= 0.3 is 47.5 Å². The van der Waals surface area contributed by atoms with Crippen molar-refractivity contribution >= 4 is 118 Å². The Hall–Kier alpha value is -10.0. The molecule has 5 aromatic rings. The van der Waals surface area contributed by atoms with Crippen molar-refractivity contribution in [3.8, 4) is 23.0 Å². The summed E-state index contributed by atoms with van der Waals surface area (Å²) in [6, 6.07) is 33.4. The minimum Gasteiger partial charge on any atom is -1.00 e. The number of aromatic nitrogens is 1. The molecule has 6 atom stereocenters. The van der Waals surface area contributed by atoms with Crippen LogP contribution in [0.25, 0.3) is 0 Å². The molecule has 10 saturated heterocycles. The Bertz CT molecular complexity index is 4490. The van der Waals surface area contributed by atoms with Gasteiger partial charge in [-0.1, -0.05) is 154 Å². The number of aromatic carboxylic acids is 1. The molecule has 10 aliphatic heterocycles. The van der Waals surface area contributed by atoms with E-state index in [4.69, 9.17) is 30.5 Å². The number of aliphatic carboxylic acids is 1. The maximum absolute atomic E-state index is 12.7. The van der Waals surface area contributed by atoms with Crippen LogP contribution in [-0.2, 0) is 88.5 Å². The average Bonchev–Trinajstić information content (AvgIpc) is 0.757. The van der Waals surface area contributed by atoms with Crippen molar-refractivity contribution in [2.24, 2.45) is 57.2 Å². The van der Waals surface area contributed by atoms with E-state index >= 15 is 0 Å². The van der Waals surface area contributed by atoms with Crippen LogP contribution in [-0.4, -0.2) is 257 Å². The summed E-state index contributed by atoms with van der Waals surface area (Å²) in [5.74, 6) is 6.11. The molecule has 1 aromatic heterocycles. The smallest absolute Gasteiger partial charge is 1.00 e. The fourth-order valence-electron chi connectivity index (χ4n) is 17.0. The van der Waals surface area contributed by atoms with Crippen LogP contribution in [0.5, 0.6) is 23.0 Å². The number of ether oxygens (including phenoxy) is 5. The van der Waals surface area contributed by atoms with E-state index in [1.54, 1.807) is 28.4 Å². The van der Waals surface area contributed by atoms with E-state index in [-0.39, 0.29) is 128 Å². The van der Waals surface area contributed by atoms with Crippen LogP contribution in [0.1, 0.15) is 183 Å². The number of nitrogens with zero attached hydrogens (tertiary/aromatic N) is 7. The van der Waals surface area contributed by atoms with E-state index in [0.29, 0.717) is 148 Å². The number of amides is 10. The number of esters is 1. The summed E-state index contributed by atoms with van der Waals surface area (Å²) >= 11 is 6.21. The molecule has 0 radical (unpaired) electrons. The number of alkyl halides is 1. The molecule has 32 nitrogen and oxygen atoms in total. The summed E-state index contributed by atoms with van der Waals surface area (Å²) in [5, 5.41) is 24.8. The summed E-state index contributed by atoms with van der Waals surface area (Å²) in [5.41, 5.74) is 2.21. The molecule has 10 fully saturated rings. The zero-order valence-corrected chi connectivity index (χ0v) is 84.4. The van der Waals surface area contributed by atoms with Crippen molar-refractivity contribution in [1.29, 1.82) is 0 Å². The Morgan fingerprint density at radius 1 is 0.451 bits per heavy atom. The number of carbonyl (C=O) groups is 13. The van der Waals surface area contributed by atoms with E-state index in [2.05, 4.69) is 122 Å². The Morgan fingerprint density at radius 3 is 0.970 bits per heavy atom. The number of hydrogen-bond donors (Lipinski definition) is 6. The van der Waals surface area contributed by atoms with E-state index in [1.807, 2.05) is 131 Å². The fourth-order valence-corrected chi connectivity index (χ4v) is 17.0. The summed E-state index contributed by atoms with van der Waals surface area (Å²) in [6.45, 7) is 28.5. The minimum atomic E-state index is -1.09. The van der Waals surface area contributed by atoms with Gasteiger partial charge in [0, 0.05) is 168 Å². The number of rotatable bonds is 22. The molecule has 4 aromatic carbocycles. The second-order valence-electron chi connectivity index (χ2n) is 36.2. The van der Waals surface area contributed by atoms with E-state index in [0.717, 1.165) is 103 Å². The van der Waals surface area contributed by atoms with Crippen molar-refractivity contribution in [1.82, 2.24) is 55.2 Å². The molecule has 4 spiro atoms. The van der Waals surface area contributed by atoms with Gasteiger partial charge in [0.05, 0.1) is 74.6 Å². The molecule has 35 heteroatoms. The van der Waals surface area contributed by atoms with Gasteiger partial charge < -0.3 is 90.6 Å². The van der Waals surface area contributed by atoms with Crippen molar-refractivity contribution in [3.63, 3.8) is 0 Å². The number of piperidine rings is 6. The van der Waals surface area contributed by atoms with Gasteiger partial charge in [0.15, 0.2) is 0 Å². The number of methoxy groups -OCH3 is 5. The molecule has 6 N–H and O–H groups in total. The molecular formula is C98H141IN11NaO21S. The first kappa shape index (κ1) is 113. The predicted octanol–water partition coefficient (Wildman–Crippen LogP) is 8.28. The summed E-state index contributed by atoms with van der Waals surface area (Å²) in [7, 11) is 9.14. The van der Waals surface area contributed by atoms with Gasteiger partial charge in [-0.15, -0.1) is 0 Å². The summed E-state index contributed by atoms with van der Waals surface area (Å²) < 4.78 is 32.1. The number of hydrogen-bond acceptors (Lipinski definition) is 20. The van der Waals surface area contributed by atoms with E-state index in [1.165, 1.54) is 31.2 Å². The van der Waals surface area contributed by atoms with Gasteiger partial charge in [0.2, 0.25) is 64.6 Å². The number of likely N-dealkylation sites (tertiary alicyclic amines) is 7. The third kappa shape index (κ3) is 33.5. The maximum atomic E-state index is 12.7. The molecule has 15 rings (SSSR count). The van der Waals surface area contributed by atoms with Crippen molar-refractivity contribution in [2.45, 2.75) is 173 Å². The van der Waals surface area contributed by atoms with Gasteiger partial charge in [-0.3, -0.25) is 62.3 Å². The monoisotopic (exact) mass is 1990 g/mol. The van der Waals surface area contributed by atoms with Crippen molar-refractivity contribution < 1.29 is 129 Å². The fraction of sp³-hybridized carbons (Fsp3) is 0.561. The normalized spacial score (nSPS) is 21.8. The third-order valence-corrected chi connectivity index (χ3v) is 25.8. The molecular weight excluding hydrogens is 1850 g/mol. The number of β-lactam (4-membered cyclic amide) rings is 4. The molecule has 0 aliphatic carbocycles. The number of H-pyrrole nitrogens is 1. The second kappa shape index (κ2) is 55.1. The number of halogens is 1. The van der Waals surface area contributed by atoms with Crippen LogP contribution in [0, 0.1) is 57.2 Å². The standard InChI is InChI=1S/3C19H26N2O3.C15H18N2O3.C7H11NO3.C6H9NO3.C6H5NO3.C4H9I.CH2S.2CH4.Na.H/c3*1-14(2)11-20-9-8-19(10-17(20)22)13-21(18(19)23)12-15-4-6-16(24-3)7-5-15;1-20-12-4-2-11(3-5-12)9-17-10-15(14(17)19)6-7-16-13(18)8-15;1-11-7(10)5-2-3-8-6(9)4-5;2*8-5-3-4(6(9)10)1-2-7-5;1-4(2)3-5;1-2;;;;/h3*4-7,14H,8-13H2,1-3H3;2-5H,6-10H2,1H3,(H,16,18);5H,2-4H2,1H3,(H,8,9);4H,1-3H2,(H,7,8)(H,9,10);1-3H,(H,7,8)(H,9,10);4H,3H2,1-2H3;1H2;2*1H4;;/q;;;;;;;;;;;+1;-1/i;;;;;;;;;1T;;;. The summed E-state index contributed by atoms with van der Waals surface area (Å²) in [4.78, 5) is 178. The number of carbonyl (C=O) groups excluding carboxylic acids is 11. The first-order valence-electron chi connectivity index (χ1n) is 45.2. The van der Waals surface area contributed by atoms with Crippen LogP contribution in [0.3, 0.4) is 0 Å². The number of thiocarbonyl (C=S) groups is 1. The molecule has 10 aliphatic rings. The molecule has 10 amide bonds. The van der Waals surface area contributed by atoms with Crippen LogP contribution in [0.4, 0.5) is 0 Å². The quantitative estimate of drug-likeness (QED) is 0.00947. The number of carboxylic acid groups (broad SMARTS) is 2. The topological polar surface area (TPSA) is 400 Å². The molecule has 6 unspecified atom stereocenters. The van der Waals surface area contributed by atoms with Crippen LogP contribution in [0.2, 0.25) is 0 Å². The Morgan fingerprint density at radius 2 is 0.744 bits per heavy atom. The molecule has 133 heavy (non-hydrogen) atoms. The zero-order chi connectivity index (χ0) is 97.8.